The number of nitrogens with one attached hydrogen (secondary N) is 1. The molecular formula is C21H22N2O5. The van der Waals surface area contributed by atoms with Crippen LogP contribution in [0.25, 0.3) is 0 Å². The summed E-state index contributed by atoms with van der Waals surface area (Å²) in [6.07, 6.45) is -0.446. The van der Waals surface area contributed by atoms with Crippen LogP contribution in [0.4, 0.5) is 11.4 Å². The monoisotopic (exact) mass is 382 g/mol. The molecule has 0 aromatic heterocycles. The summed E-state index contributed by atoms with van der Waals surface area (Å²) in [7, 11) is 3.20. The lowest BCUT2D eigenvalue weighted by molar-refractivity contribution is -0.125. The summed E-state index contributed by atoms with van der Waals surface area (Å²) >= 11 is 0. The van der Waals surface area contributed by atoms with Crippen molar-refractivity contribution in [2.75, 3.05) is 24.4 Å². The maximum absolute atomic E-state index is 12.5. The van der Waals surface area contributed by atoms with E-state index < -0.39 is 6.10 Å². The number of hydrogen-bond acceptors (Lipinski definition) is 5. The van der Waals surface area contributed by atoms with Crippen molar-refractivity contribution in [1.82, 2.24) is 0 Å². The molecule has 1 unspecified atom stereocenters. The van der Waals surface area contributed by atoms with E-state index in [1.165, 1.54) is 4.90 Å². The Bertz CT molecular complexity index is 925. The number of anilines is 2. The first-order valence-electron chi connectivity index (χ1n) is 8.94. The Morgan fingerprint density at radius 1 is 1.18 bits per heavy atom. The highest BCUT2D eigenvalue weighted by Gasteiger charge is 2.29. The number of rotatable bonds is 6. The fraction of sp³-hybridized carbons (Fsp3) is 0.286. The minimum Gasteiger partial charge on any atom is -0.497 e. The van der Waals surface area contributed by atoms with Crippen molar-refractivity contribution in [3.05, 3.63) is 48.0 Å². The summed E-state index contributed by atoms with van der Waals surface area (Å²) in [5, 5.41) is 2.75. The van der Waals surface area contributed by atoms with E-state index >= 15 is 0 Å². The maximum atomic E-state index is 12.5. The van der Waals surface area contributed by atoms with Crippen LogP contribution in [-0.4, -0.2) is 37.9 Å². The molecular weight excluding hydrogens is 360 g/mol. The number of hydrogen-bond donors (Lipinski definition) is 1. The fourth-order valence-corrected chi connectivity index (χ4v) is 2.98. The van der Waals surface area contributed by atoms with Gasteiger partial charge in [0.2, 0.25) is 5.91 Å². The average Bonchev–Trinajstić information content (AvgIpc) is 2.70. The molecule has 0 saturated heterocycles. The molecule has 1 aliphatic heterocycles. The van der Waals surface area contributed by atoms with Crippen LogP contribution in [0.3, 0.4) is 0 Å². The first-order valence-corrected chi connectivity index (χ1v) is 8.94. The zero-order chi connectivity index (χ0) is 20.3. The summed E-state index contributed by atoms with van der Waals surface area (Å²) in [4.78, 5) is 38.2. The Morgan fingerprint density at radius 3 is 2.71 bits per heavy atom. The van der Waals surface area contributed by atoms with Gasteiger partial charge in [-0.3, -0.25) is 14.4 Å². The van der Waals surface area contributed by atoms with Gasteiger partial charge in [-0.15, -0.1) is 0 Å². The topological polar surface area (TPSA) is 84.9 Å². The van der Waals surface area contributed by atoms with E-state index in [1.54, 1.807) is 63.5 Å². The molecule has 0 aliphatic carbocycles. The summed E-state index contributed by atoms with van der Waals surface area (Å²) < 4.78 is 10.7. The molecule has 1 atom stereocenters. The first kappa shape index (κ1) is 19.4. The van der Waals surface area contributed by atoms with E-state index in [2.05, 4.69) is 5.32 Å². The van der Waals surface area contributed by atoms with Gasteiger partial charge in [-0.05, 0) is 37.3 Å². The minimum atomic E-state index is -0.556. The van der Waals surface area contributed by atoms with E-state index in [9.17, 15) is 14.4 Å². The molecule has 28 heavy (non-hydrogen) atoms. The van der Waals surface area contributed by atoms with Crippen LogP contribution in [0, 0.1) is 0 Å². The molecule has 7 heteroatoms. The van der Waals surface area contributed by atoms with Gasteiger partial charge in [0.15, 0.2) is 11.9 Å². The van der Waals surface area contributed by atoms with Gasteiger partial charge in [0.05, 0.1) is 12.8 Å². The average molecular weight is 382 g/mol. The zero-order valence-electron chi connectivity index (χ0n) is 16.0. The molecule has 1 N–H and O–H groups in total. The number of methoxy groups -OCH3 is 1. The number of amides is 2. The molecule has 0 radical (unpaired) electrons. The van der Waals surface area contributed by atoms with Crippen LogP contribution in [0.15, 0.2) is 42.5 Å². The number of benzene rings is 2. The van der Waals surface area contributed by atoms with Crippen molar-refractivity contribution < 1.29 is 23.9 Å². The van der Waals surface area contributed by atoms with Gasteiger partial charge in [0.25, 0.3) is 5.91 Å². The van der Waals surface area contributed by atoms with Crippen molar-refractivity contribution in [3.63, 3.8) is 0 Å². The number of nitrogens with zero attached hydrogens (tertiary/aromatic N) is 1. The van der Waals surface area contributed by atoms with E-state index in [0.29, 0.717) is 28.4 Å². The number of fused-ring (bicyclic) bond motifs is 1. The number of ketones is 1. The number of carbonyl (C=O) groups excluding carboxylic acids is 3. The summed E-state index contributed by atoms with van der Waals surface area (Å²) in [5.74, 6) is 0.585. The zero-order valence-corrected chi connectivity index (χ0v) is 16.0. The van der Waals surface area contributed by atoms with Crippen LogP contribution in [0.2, 0.25) is 0 Å². The van der Waals surface area contributed by atoms with Gasteiger partial charge in [-0.25, -0.2) is 0 Å². The van der Waals surface area contributed by atoms with Gasteiger partial charge in [-0.1, -0.05) is 6.07 Å². The highest BCUT2D eigenvalue weighted by molar-refractivity contribution is 6.04. The largest absolute Gasteiger partial charge is 0.497 e. The predicted octanol–water partition coefficient (Wildman–Crippen LogP) is 3.04. The van der Waals surface area contributed by atoms with Crippen molar-refractivity contribution in [1.29, 1.82) is 0 Å². The lowest BCUT2D eigenvalue weighted by Crippen LogP contribution is -2.42. The maximum Gasteiger partial charge on any atom is 0.267 e. The van der Waals surface area contributed by atoms with Crippen molar-refractivity contribution in [2.24, 2.45) is 0 Å². The Hall–Kier alpha value is -3.35. The van der Waals surface area contributed by atoms with Crippen LogP contribution in [0.5, 0.6) is 11.5 Å². The van der Waals surface area contributed by atoms with Crippen LogP contribution >= 0.6 is 0 Å². The third-order valence-corrected chi connectivity index (χ3v) is 4.56. The molecule has 2 aromatic carbocycles. The molecule has 7 nitrogen and oxygen atoms in total. The van der Waals surface area contributed by atoms with Gasteiger partial charge >= 0.3 is 0 Å². The SMILES string of the molecule is COc1cccc(NC(=O)CCC(=O)c2ccc3c(c2)N(C)C(=O)C(C)O3)c1. The Morgan fingerprint density at radius 2 is 1.96 bits per heavy atom. The summed E-state index contributed by atoms with van der Waals surface area (Å²) in [5.41, 5.74) is 1.59. The van der Waals surface area contributed by atoms with Gasteiger partial charge < -0.3 is 19.7 Å². The number of ether oxygens (including phenoxy) is 2. The normalized spacial score (nSPS) is 15.5. The third kappa shape index (κ3) is 4.14. The quantitative estimate of drug-likeness (QED) is 0.776. The summed E-state index contributed by atoms with van der Waals surface area (Å²) in [6, 6.07) is 12.0. The fourth-order valence-electron chi connectivity index (χ4n) is 2.98. The van der Waals surface area contributed by atoms with Crippen LogP contribution in [-0.2, 0) is 9.59 Å². The van der Waals surface area contributed by atoms with Crippen molar-refractivity contribution >= 4 is 29.0 Å². The first-order chi connectivity index (χ1) is 13.4. The number of likely N-dealkylation sites (N-methyl/N-ethyl adjacent to an activating group) is 1. The lowest BCUT2D eigenvalue weighted by atomic mass is 10.0. The molecule has 0 spiro atoms. The second-order valence-electron chi connectivity index (χ2n) is 6.54. The third-order valence-electron chi connectivity index (χ3n) is 4.56. The van der Waals surface area contributed by atoms with Crippen molar-refractivity contribution in [3.8, 4) is 11.5 Å². The van der Waals surface area contributed by atoms with Gasteiger partial charge in [0.1, 0.15) is 11.5 Å². The second kappa shape index (κ2) is 8.12. The standard InChI is InChI=1S/C21H22N2O5/c1-13-21(26)23(2)17-11-14(7-9-19(17)28-13)18(24)8-10-20(25)22-15-5-4-6-16(12-15)27-3/h4-7,9,11-13H,8,10H2,1-3H3,(H,22,25). The Kier molecular flexibility index (Phi) is 5.63. The van der Waals surface area contributed by atoms with E-state index in [-0.39, 0.29) is 30.4 Å². The van der Waals surface area contributed by atoms with E-state index in [1.807, 2.05) is 0 Å². The Balaban J connectivity index is 1.62. The summed E-state index contributed by atoms with van der Waals surface area (Å²) in [6.45, 7) is 1.68. The second-order valence-corrected chi connectivity index (χ2v) is 6.54. The molecule has 146 valence electrons. The highest BCUT2D eigenvalue weighted by atomic mass is 16.5. The molecule has 2 aromatic rings. The van der Waals surface area contributed by atoms with Gasteiger partial charge in [0, 0.05) is 37.2 Å². The van der Waals surface area contributed by atoms with Crippen LogP contribution < -0.4 is 19.7 Å². The molecule has 2 amide bonds. The van der Waals surface area contributed by atoms with E-state index in [0.717, 1.165) is 0 Å². The van der Waals surface area contributed by atoms with Crippen LogP contribution in [0.1, 0.15) is 30.1 Å². The molecule has 1 heterocycles. The minimum absolute atomic E-state index is 0.0510. The molecule has 0 fully saturated rings. The highest BCUT2D eigenvalue weighted by Crippen LogP contribution is 2.34. The smallest absolute Gasteiger partial charge is 0.267 e. The molecule has 0 bridgehead atoms. The molecule has 0 saturated carbocycles. The van der Waals surface area contributed by atoms with Crippen molar-refractivity contribution in [2.45, 2.75) is 25.9 Å². The Labute approximate surface area is 163 Å². The molecule has 3 rings (SSSR count). The van der Waals surface area contributed by atoms with Gasteiger partial charge in [-0.2, -0.15) is 0 Å². The predicted molar refractivity (Wildman–Crippen MR) is 105 cm³/mol. The number of carbonyl (C=O) groups is 3. The van der Waals surface area contributed by atoms with E-state index in [4.69, 9.17) is 9.47 Å². The lowest BCUT2D eigenvalue weighted by Gasteiger charge is -2.30. The number of Topliss-reactive ketones (excluding diaryl/α,β-unsaturated/α-hetero) is 1. The molecule has 1 aliphatic rings.